The number of nitrogens with two attached hydrogens (primary N) is 1. The topological polar surface area (TPSA) is 29.3 Å². The van der Waals surface area contributed by atoms with Crippen LogP contribution in [0.1, 0.15) is 52.4 Å². The van der Waals surface area contributed by atoms with E-state index in [9.17, 15) is 0 Å². The summed E-state index contributed by atoms with van der Waals surface area (Å²) in [5.74, 6) is 0.810. The second-order valence-corrected chi connectivity index (χ2v) is 6.69. The molecular formula is C14H28N2. The minimum atomic E-state index is 0.498. The van der Waals surface area contributed by atoms with Gasteiger partial charge in [0.2, 0.25) is 0 Å². The highest BCUT2D eigenvalue weighted by molar-refractivity contribution is 4.83. The molecule has 2 N–H and O–H groups in total. The van der Waals surface area contributed by atoms with Gasteiger partial charge >= 0.3 is 0 Å². The normalized spacial score (nSPS) is 35.4. The number of hydrogen-bond acceptors (Lipinski definition) is 2. The zero-order valence-electron chi connectivity index (χ0n) is 11.0. The van der Waals surface area contributed by atoms with E-state index >= 15 is 0 Å². The zero-order chi connectivity index (χ0) is 11.6. The van der Waals surface area contributed by atoms with Gasteiger partial charge in [0, 0.05) is 12.6 Å². The van der Waals surface area contributed by atoms with Crippen LogP contribution >= 0.6 is 0 Å². The Kier molecular flexibility index (Phi) is 3.91. The molecule has 1 saturated heterocycles. The lowest BCUT2D eigenvalue weighted by Crippen LogP contribution is -2.41. The lowest BCUT2D eigenvalue weighted by Gasteiger charge is -2.38. The lowest BCUT2D eigenvalue weighted by atomic mass is 9.84. The maximum Gasteiger partial charge on any atom is 0.00676 e. The van der Waals surface area contributed by atoms with Crippen LogP contribution in [0.25, 0.3) is 0 Å². The predicted molar refractivity (Wildman–Crippen MR) is 69.4 cm³/mol. The Labute approximate surface area is 101 Å². The molecule has 0 aromatic heterocycles. The van der Waals surface area contributed by atoms with E-state index < -0.39 is 0 Å². The highest BCUT2D eigenvalue weighted by atomic mass is 15.1. The fraction of sp³-hybridized carbons (Fsp3) is 1.00. The van der Waals surface area contributed by atoms with E-state index in [2.05, 4.69) is 18.7 Å². The molecule has 0 radical (unpaired) electrons. The molecule has 2 fully saturated rings. The van der Waals surface area contributed by atoms with Gasteiger partial charge in [-0.2, -0.15) is 0 Å². The highest BCUT2D eigenvalue weighted by Gasteiger charge is 2.28. The molecule has 1 heterocycles. The molecule has 94 valence electrons. The van der Waals surface area contributed by atoms with Crippen LogP contribution in [0.5, 0.6) is 0 Å². The predicted octanol–water partition coefficient (Wildman–Crippen LogP) is 2.63. The van der Waals surface area contributed by atoms with Crippen molar-refractivity contribution in [3.05, 3.63) is 0 Å². The van der Waals surface area contributed by atoms with E-state index in [1.807, 2.05) is 0 Å². The molecule has 2 nitrogen and oxygen atoms in total. The Hall–Kier alpha value is -0.0800. The molecule has 0 spiro atoms. The maximum absolute atomic E-state index is 6.13. The zero-order valence-corrected chi connectivity index (χ0v) is 11.0. The van der Waals surface area contributed by atoms with E-state index in [4.69, 9.17) is 5.73 Å². The quantitative estimate of drug-likeness (QED) is 0.798. The number of hydrogen-bond donors (Lipinski definition) is 1. The Balaban J connectivity index is 1.73. The largest absolute Gasteiger partial charge is 0.327 e. The summed E-state index contributed by atoms with van der Waals surface area (Å²) in [7, 11) is 0. The molecule has 1 aliphatic carbocycles. The number of piperidine rings is 1. The van der Waals surface area contributed by atoms with E-state index in [1.54, 1.807) is 0 Å². The Morgan fingerprint density at radius 3 is 2.69 bits per heavy atom. The van der Waals surface area contributed by atoms with Crippen LogP contribution in [-0.4, -0.2) is 30.6 Å². The van der Waals surface area contributed by atoms with Gasteiger partial charge in [0.15, 0.2) is 0 Å². The summed E-state index contributed by atoms with van der Waals surface area (Å²) in [4.78, 5) is 2.66. The molecule has 2 rings (SSSR count). The van der Waals surface area contributed by atoms with Crippen molar-refractivity contribution in [3.63, 3.8) is 0 Å². The first-order valence-corrected chi connectivity index (χ1v) is 7.05. The summed E-state index contributed by atoms with van der Waals surface area (Å²) in [6.45, 7) is 8.68. The molecule has 2 atom stereocenters. The van der Waals surface area contributed by atoms with Gasteiger partial charge in [-0.1, -0.05) is 20.3 Å². The van der Waals surface area contributed by atoms with Crippen molar-refractivity contribution in [2.45, 2.75) is 58.4 Å². The fourth-order valence-corrected chi connectivity index (χ4v) is 3.51. The lowest BCUT2D eigenvalue weighted by molar-refractivity contribution is 0.111. The third kappa shape index (κ3) is 3.21. The van der Waals surface area contributed by atoms with Crippen LogP contribution in [0.15, 0.2) is 0 Å². The van der Waals surface area contributed by atoms with Crippen LogP contribution in [0.4, 0.5) is 0 Å². The van der Waals surface area contributed by atoms with Crippen LogP contribution in [-0.2, 0) is 0 Å². The molecule has 0 aromatic carbocycles. The Morgan fingerprint density at radius 2 is 2.06 bits per heavy atom. The average Bonchev–Trinajstić information content (AvgIpc) is 2.60. The third-order valence-corrected chi connectivity index (χ3v) is 4.51. The number of likely N-dealkylation sites (tertiary alicyclic amines) is 1. The number of nitrogens with zero attached hydrogens (tertiary/aromatic N) is 1. The van der Waals surface area contributed by atoms with Crippen molar-refractivity contribution in [3.8, 4) is 0 Å². The van der Waals surface area contributed by atoms with Gasteiger partial charge in [-0.3, -0.25) is 0 Å². The fourth-order valence-electron chi connectivity index (χ4n) is 3.51. The van der Waals surface area contributed by atoms with Gasteiger partial charge in [-0.25, -0.2) is 0 Å². The van der Waals surface area contributed by atoms with Crippen LogP contribution < -0.4 is 5.73 Å². The van der Waals surface area contributed by atoms with E-state index in [-0.39, 0.29) is 0 Å². The van der Waals surface area contributed by atoms with Gasteiger partial charge in [0.25, 0.3) is 0 Å². The summed E-state index contributed by atoms with van der Waals surface area (Å²) in [6.07, 6.45) is 8.10. The van der Waals surface area contributed by atoms with Gasteiger partial charge < -0.3 is 10.6 Å². The minimum absolute atomic E-state index is 0.498. The van der Waals surface area contributed by atoms with Crippen molar-refractivity contribution in [2.75, 3.05) is 19.6 Å². The molecule has 2 heteroatoms. The van der Waals surface area contributed by atoms with Crippen LogP contribution in [0.2, 0.25) is 0 Å². The highest BCUT2D eigenvalue weighted by Crippen LogP contribution is 2.30. The summed E-state index contributed by atoms with van der Waals surface area (Å²) in [5.41, 5.74) is 6.67. The van der Waals surface area contributed by atoms with Gasteiger partial charge in [-0.15, -0.1) is 0 Å². The standard InChI is InChI=1S/C14H28N2/c1-14(2)8-4-9-16(11-14)10-7-12-5-3-6-13(12)15/h12-13H,3-11,15H2,1-2H3. The van der Waals surface area contributed by atoms with Crippen molar-refractivity contribution < 1.29 is 0 Å². The second kappa shape index (κ2) is 5.05. The summed E-state index contributed by atoms with van der Waals surface area (Å²) >= 11 is 0. The summed E-state index contributed by atoms with van der Waals surface area (Å²) in [6, 6.07) is 0.498. The van der Waals surface area contributed by atoms with Crippen LogP contribution in [0.3, 0.4) is 0 Å². The molecule has 0 amide bonds. The summed E-state index contributed by atoms with van der Waals surface area (Å²) < 4.78 is 0. The maximum atomic E-state index is 6.13. The van der Waals surface area contributed by atoms with Gasteiger partial charge in [-0.05, 0) is 56.5 Å². The molecule has 0 aromatic rings. The monoisotopic (exact) mass is 224 g/mol. The Morgan fingerprint density at radius 1 is 1.25 bits per heavy atom. The van der Waals surface area contributed by atoms with E-state index in [0.29, 0.717) is 11.5 Å². The molecule has 2 unspecified atom stereocenters. The smallest absolute Gasteiger partial charge is 0.00676 e. The van der Waals surface area contributed by atoms with E-state index in [0.717, 1.165) is 5.92 Å². The summed E-state index contributed by atoms with van der Waals surface area (Å²) in [5, 5.41) is 0. The molecule has 16 heavy (non-hydrogen) atoms. The van der Waals surface area contributed by atoms with Crippen molar-refractivity contribution in [2.24, 2.45) is 17.1 Å². The first-order valence-electron chi connectivity index (χ1n) is 7.05. The van der Waals surface area contributed by atoms with Crippen LogP contribution in [0, 0.1) is 11.3 Å². The van der Waals surface area contributed by atoms with Gasteiger partial charge in [0.05, 0.1) is 0 Å². The minimum Gasteiger partial charge on any atom is -0.327 e. The molecule has 1 aliphatic heterocycles. The molecule has 2 aliphatic rings. The first kappa shape index (κ1) is 12.4. The molecule has 0 bridgehead atoms. The number of rotatable bonds is 3. The van der Waals surface area contributed by atoms with Crippen molar-refractivity contribution in [1.82, 2.24) is 4.90 Å². The van der Waals surface area contributed by atoms with Crippen molar-refractivity contribution in [1.29, 1.82) is 0 Å². The van der Waals surface area contributed by atoms with E-state index in [1.165, 1.54) is 58.2 Å². The molecular weight excluding hydrogens is 196 g/mol. The Bertz CT molecular complexity index is 225. The SMILES string of the molecule is CC1(C)CCCN(CCC2CCCC2N)C1. The average molecular weight is 224 g/mol. The second-order valence-electron chi connectivity index (χ2n) is 6.69. The molecule has 1 saturated carbocycles. The van der Waals surface area contributed by atoms with Gasteiger partial charge in [0.1, 0.15) is 0 Å². The van der Waals surface area contributed by atoms with Crippen molar-refractivity contribution >= 4 is 0 Å². The third-order valence-electron chi connectivity index (χ3n) is 4.51. The first-order chi connectivity index (χ1) is 7.57.